The lowest BCUT2D eigenvalue weighted by atomic mass is 9.83. The SMILES string of the molecule is C=CC(C)(CNCCOC)Cc1ccccc1Br. The predicted octanol–water partition coefficient (Wildman–Crippen LogP) is 3.42. The van der Waals surface area contributed by atoms with Gasteiger partial charge in [0, 0.05) is 30.1 Å². The monoisotopic (exact) mass is 311 g/mol. The maximum absolute atomic E-state index is 5.03. The molecule has 0 aliphatic rings. The molecule has 0 saturated carbocycles. The smallest absolute Gasteiger partial charge is 0.0587 e. The third kappa shape index (κ3) is 4.92. The molecule has 1 atom stereocenters. The Morgan fingerprint density at radius 2 is 2.17 bits per heavy atom. The highest BCUT2D eigenvalue weighted by Gasteiger charge is 2.21. The van der Waals surface area contributed by atoms with Gasteiger partial charge in [0.25, 0.3) is 0 Å². The van der Waals surface area contributed by atoms with E-state index in [4.69, 9.17) is 4.74 Å². The number of halogens is 1. The first-order valence-corrected chi connectivity index (χ1v) is 6.97. The van der Waals surface area contributed by atoms with E-state index in [1.807, 2.05) is 12.1 Å². The van der Waals surface area contributed by atoms with E-state index in [0.29, 0.717) is 0 Å². The zero-order valence-corrected chi connectivity index (χ0v) is 12.8. The molecule has 100 valence electrons. The van der Waals surface area contributed by atoms with Crippen LogP contribution in [-0.2, 0) is 11.2 Å². The third-order valence-electron chi connectivity index (χ3n) is 3.06. The number of benzene rings is 1. The number of hydrogen-bond acceptors (Lipinski definition) is 2. The van der Waals surface area contributed by atoms with Crippen molar-refractivity contribution >= 4 is 15.9 Å². The van der Waals surface area contributed by atoms with Gasteiger partial charge in [0.2, 0.25) is 0 Å². The Kier molecular flexibility index (Phi) is 6.61. The summed E-state index contributed by atoms with van der Waals surface area (Å²) in [5.74, 6) is 0. The molecule has 0 fully saturated rings. The van der Waals surface area contributed by atoms with Gasteiger partial charge >= 0.3 is 0 Å². The molecule has 1 aromatic carbocycles. The van der Waals surface area contributed by atoms with Crippen LogP contribution < -0.4 is 5.32 Å². The van der Waals surface area contributed by atoms with Gasteiger partial charge in [-0.3, -0.25) is 0 Å². The number of methoxy groups -OCH3 is 1. The molecular weight excluding hydrogens is 290 g/mol. The number of hydrogen-bond donors (Lipinski definition) is 1. The minimum Gasteiger partial charge on any atom is -0.383 e. The van der Waals surface area contributed by atoms with E-state index in [1.54, 1.807) is 7.11 Å². The molecule has 0 aromatic heterocycles. The van der Waals surface area contributed by atoms with Crippen LogP contribution in [0.4, 0.5) is 0 Å². The van der Waals surface area contributed by atoms with Crippen LogP contribution >= 0.6 is 15.9 Å². The summed E-state index contributed by atoms with van der Waals surface area (Å²) in [4.78, 5) is 0. The first-order chi connectivity index (χ1) is 8.61. The van der Waals surface area contributed by atoms with Crippen molar-refractivity contribution in [2.24, 2.45) is 5.41 Å². The second-order valence-corrected chi connectivity index (χ2v) is 5.65. The lowest BCUT2D eigenvalue weighted by Gasteiger charge is -2.27. The van der Waals surface area contributed by atoms with Gasteiger partial charge in [-0.2, -0.15) is 0 Å². The predicted molar refractivity (Wildman–Crippen MR) is 80.9 cm³/mol. The van der Waals surface area contributed by atoms with E-state index in [0.717, 1.165) is 30.6 Å². The molecule has 0 amide bonds. The first-order valence-electron chi connectivity index (χ1n) is 6.18. The highest BCUT2D eigenvalue weighted by Crippen LogP contribution is 2.27. The summed E-state index contributed by atoms with van der Waals surface area (Å²) < 4.78 is 6.19. The first kappa shape index (κ1) is 15.4. The zero-order valence-electron chi connectivity index (χ0n) is 11.2. The molecule has 1 N–H and O–H groups in total. The van der Waals surface area contributed by atoms with Crippen LogP contribution in [0.5, 0.6) is 0 Å². The van der Waals surface area contributed by atoms with Crippen LogP contribution in [0.3, 0.4) is 0 Å². The highest BCUT2D eigenvalue weighted by atomic mass is 79.9. The minimum atomic E-state index is 0.0532. The Labute approximate surface area is 119 Å². The zero-order chi connectivity index (χ0) is 13.4. The molecule has 2 nitrogen and oxygen atoms in total. The van der Waals surface area contributed by atoms with E-state index in [9.17, 15) is 0 Å². The fourth-order valence-corrected chi connectivity index (χ4v) is 2.26. The molecular formula is C15H22BrNO. The second-order valence-electron chi connectivity index (χ2n) is 4.80. The molecule has 1 aromatic rings. The van der Waals surface area contributed by atoms with Crippen molar-refractivity contribution in [3.63, 3.8) is 0 Å². The van der Waals surface area contributed by atoms with Crippen molar-refractivity contribution in [3.8, 4) is 0 Å². The van der Waals surface area contributed by atoms with Gasteiger partial charge in [0.15, 0.2) is 0 Å². The Hall–Kier alpha value is -0.640. The molecule has 0 aliphatic carbocycles. The number of rotatable bonds is 8. The second kappa shape index (κ2) is 7.72. The molecule has 0 bridgehead atoms. The molecule has 1 rings (SSSR count). The van der Waals surface area contributed by atoms with Crippen molar-refractivity contribution in [2.45, 2.75) is 13.3 Å². The van der Waals surface area contributed by atoms with Gasteiger partial charge in [0.05, 0.1) is 6.61 Å². The van der Waals surface area contributed by atoms with Gasteiger partial charge < -0.3 is 10.1 Å². The van der Waals surface area contributed by atoms with Crippen LogP contribution in [-0.4, -0.2) is 26.8 Å². The largest absolute Gasteiger partial charge is 0.383 e. The number of nitrogens with one attached hydrogen (secondary N) is 1. The summed E-state index contributed by atoms with van der Waals surface area (Å²) in [5, 5.41) is 3.41. The molecule has 0 radical (unpaired) electrons. The summed E-state index contributed by atoms with van der Waals surface area (Å²) in [7, 11) is 1.72. The topological polar surface area (TPSA) is 21.3 Å². The fraction of sp³-hybridized carbons (Fsp3) is 0.467. The maximum Gasteiger partial charge on any atom is 0.0587 e. The van der Waals surface area contributed by atoms with Crippen molar-refractivity contribution in [3.05, 3.63) is 47.0 Å². The molecule has 0 saturated heterocycles. The Balaban J connectivity index is 2.59. The van der Waals surface area contributed by atoms with Crippen molar-refractivity contribution < 1.29 is 4.74 Å². The lowest BCUT2D eigenvalue weighted by molar-refractivity contribution is 0.195. The fourth-order valence-electron chi connectivity index (χ4n) is 1.83. The summed E-state index contributed by atoms with van der Waals surface area (Å²) in [6.07, 6.45) is 3.00. The molecule has 0 aliphatic heterocycles. The Morgan fingerprint density at radius 1 is 1.44 bits per heavy atom. The average molecular weight is 312 g/mol. The van der Waals surface area contributed by atoms with Gasteiger partial charge in [0.1, 0.15) is 0 Å². The van der Waals surface area contributed by atoms with Crippen molar-refractivity contribution in [1.29, 1.82) is 0 Å². The van der Waals surface area contributed by atoms with Crippen LogP contribution in [0.15, 0.2) is 41.4 Å². The van der Waals surface area contributed by atoms with Crippen LogP contribution in [0.2, 0.25) is 0 Å². The third-order valence-corrected chi connectivity index (χ3v) is 3.83. The maximum atomic E-state index is 5.03. The standard InChI is InChI=1S/C15H22BrNO/c1-4-15(2,12-17-9-10-18-3)11-13-7-5-6-8-14(13)16/h4-8,17H,1,9-12H2,2-3H3. The van der Waals surface area contributed by atoms with Crippen molar-refractivity contribution in [1.82, 2.24) is 5.32 Å². The average Bonchev–Trinajstić information content (AvgIpc) is 2.38. The molecule has 1 unspecified atom stereocenters. The highest BCUT2D eigenvalue weighted by molar-refractivity contribution is 9.10. The van der Waals surface area contributed by atoms with Gasteiger partial charge in [-0.1, -0.05) is 47.1 Å². The summed E-state index contributed by atoms with van der Waals surface area (Å²) >= 11 is 3.60. The summed E-state index contributed by atoms with van der Waals surface area (Å²) in [6.45, 7) is 8.71. The van der Waals surface area contributed by atoms with Gasteiger partial charge in [-0.25, -0.2) is 0 Å². The molecule has 0 spiro atoms. The summed E-state index contributed by atoms with van der Waals surface area (Å²) in [6, 6.07) is 8.34. The van der Waals surface area contributed by atoms with Crippen LogP contribution in [0.25, 0.3) is 0 Å². The minimum absolute atomic E-state index is 0.0532. The van der Waals surface area contributed by atoms with E-state index in [1.165, 1.54) is 5.56 Å². The van der Waals surface area contributed by atoms with Crippen LogP contribution in [0.1, 0.15) is 12.5 Å². The van der Waals surface area contributed by atoms with Gasteiger partial charge in [-0.15, -0.1) is 6.58 Å². The quantitative estimate of drug-likeness (QED) is 0.587. The van der Waals surface area contributed by atoms with Crippen molar-refractivity contribution in [2.75, 3.05) is 26.8 Å². The number of ether oxygens (including phenoxy) is 1. The van der Waals surface area contributed by atoms with E-state index >= 15 is 0 Å². The Morgan fingerprint density at radius 3 is 2.78 bits per heavy atom. The molecule has 0 heterocycles. The molecule has 3 heteroatoms. The van der Waals surface area contributed by atoms with Gasteiger partial charge in [-0.05, 0) is 18.1 Å². The Bertz CT molecular complexity index is 381. The molecule has 18 heavy (non-hydrogen) atoms. The van der Waals surface area contributed by atoms with E-state index in [-0.39, 0.29) is 5.41 Å². The normalized spacial score (nSPS) is 14.2. The van der Waals surface area contributed by atoms with Crippen LogP contribution in [0, 0.1) is 5.41 Å². The lowest BCUT2D eigenvalue weighted by Crippen LogP contribution is -2.33. The summed E-state index contributed by atoms with van der Waals surface area (Å²) in [5.41, 5.74) is 1.37. The van der Waals surface area contributed by atoms with E-state index in [2.05, 4.69) is 52.9 Å². The van der Waals surface area contributed by atoms with E-state index < -0.39 is 0 Å².